The van der Waals surface area contributed by atoms with E-state index < -0.39 is 37.7 Å². The van der Waals surface area contributed by atoms with Crippen LogP contribution in [0.3, 0.4) is 0 Å². The zero-order chi connectivity index (χ0) is 12.9. The fraction of sp³-hybridized carbons (Fsp3) is 0.750. The second kappa shape index (κ2) is 5.57. The fourth-order valence-electron chi connectivity index (χ4n) is 0.952. The van der Waals surface area contributed by atoms with Crippen LogP contribution in [0.5, 0.6) is 0 Å². The van der Waals surface area contributed by atoms with Crippen molar-refractivity contribution >= 4 is 12.0 Å². The summed E-state index contributed by atoms with van der Waals surface area (Å²) in [6.07, 6.45) is -5.45. The quantitative estimate of drug-likeness (QED) is 0.800. The van der Waals surface area contributed by atoms with E-state index in [0.29, 0.717) is 0 Å². The molecule has 5 nitrogen and oxygen atoms in total. The van der Waals surface area contributed by atoms with Gasteiger partial charge in [0.2, 0.25) is 0 Å². The molecular weight excluding hydrogens is 229 g/mol. The minimum Gasteiger partial charge on any atom is -0.480 e. The second-order valence-electron chi connectivity index (χ2n) is 3.32. The molecule has 0 aromatic carbocycles. The molecule has 0 fully saturated rings. The number of nitrogens with zero attached hydrogens (tertiary/aromatic N) is 2. The molecule has 8 heteroatoms. The van der Waals surface area contributed by atoms with Gasteiger partial charge in [-0.3, -0.25) is 4.79 Å². The van der Waals surface area contributed by atoms with Crippen LogP contribution in [-0.4, -0.2) is 60.3 Å². The Morgan fingerprint density at radius 2 is 1.69 bits per heavy atom. The highest BCUT2D eigenvalue weighted by atomic mass is 19.4. The monoisotopic (exact) mass is 242 g/mol. The number of likely N-dealkylation sites (N-methyl/N-ethyl adjacent to an activating group) is 1. The standard InChI is InChI=1S/C8H13F3N2O3/c1-12(4-3-8(9,10)11)7(16)13(2)5-6(14)15/h3-5H2,1-2H3,(H,14,15). The molecule has 1 N–H and O–H groups in total. The summed E-state index contributed by atoms with van der Waals surface area (Å²) in [4.78, 5) is 23.2. The molecule has 0 unspecified atom stereocenters. The lowest BCUT2D eigenvalue weighted by molar-refractivity contribution is -0.139. The van der Waals surface area contributed by atoms with Gasteiger partial charge in [-0.05, 0) is 0 Å². The summed E-state index contributed by atoms with van der Waals surface area (Å²) in [6.45, 7) is -1.04. The van der Waals surface area contributed by atoms with E-state index in [9.17, 15) is 22.8 Å². The van der Waals surface area contributed by atoms with E-state index in [0.717, 1.165) is 9.80 Å². The number of hydrogen-bond donors (Lipinski definition) is 1. The molecule has 0 saturated carbocycles. The predicted molar refractivity (Wildman–Crippen MR) is 49.0 cm³/mol. The molecule has 0 aromatic heterocycles. The van der Waals surface area contributed by atoms with Gasteiger partial charge in [-0.25, -0.2) is 4.79 Å². The van der Waals surface area contributed by atoms with Crippen LogP contribution in [0.2, 0.25) is 0 Å². The Labute approximate surface area is 90.4 Å². The second-order valence-corrected chi connectivity index (χ2v) is 3.32. The topological polar surface area (TPSA) is 60.9 Å². The molecule has 0 atom stereocenters. The summed E-state index contributed by atoms with van der Waals surface area (Å²) in [5.41, 5.74) is 0. The van der Waals surface area contributed by atoms with Gasteiger partial charge in [-0.2, -0.15) is 13.2 Å². The molecule has 0 saturated heterocycles. The molecule has 0 aromatic rings. The Kier molecular flexibility index (Phi) is 5.06. The molecule has 0 aliphatic rings. The van der Waals surface area contributed by atoms with E-state index in [1.807, 2.05) is 0 Å². The Hall–Kier alpha value is -1.47. The average Bonchev–Trinajstić information content (AvgIpc) is 2.10. The zero-order valence-corrected chi connectivity index (χ0v) is 8.91. The van der Waals surface area contributed by atoms with Crippen molar-refractivity contribution in [2.45, 2.75) is 12.6 Å². The number of hydrogen-bond acceptors (Lipinski definition) is 2. The van der Waals surface area contributed by atoms with E-state index in [4.69, 9.17) is 5.11 Å². The number of alkyl halides is 3. The van der Waals surface area contributed by atoms with Crippen molar-refractivity contribution < 1.29 is 27.9 Å². The maximum Gasteiger partial charge on any atom is 0.390 e. The van der Waals surface area contributed by atoms with Crippen LogP contribution in [-0.2, 0) is 4.79 Å². The van der Waals surface area contributed by atoms with Gasteiger partial charge in [0, 0.05) is 20.6 Å². The SMILES string of the molecule is CN(CCC(F)(F)F)C(=O)N(C)CC(=O)O. The third-order valence-corrected chi connectivity index (χ3v) is 1.76. The van der Waals surface area contributed by atoms with Gasteiger partial charge in [0.25, 0.3) is 0 Å². The minimum absolute atomic E-state index is 0.494. The molecule has 16 heavy (non-hydrogen) atoms. The highest BCUT2D eigenvalue weighted by Crippen LogP contribution is 2.19. The van der Waals surface area contributed by atoms with E-state index in [2.05, 4.69) is 0 Å². The molecule has 0 spiro atoms. The fourth-order valence-corrected chi connectivity index (χ4v) is 0.952. The maximum atomic E-state index is 11.8. The molecule has 2 amide bonds. The third kappa shape index (κ3) is 6.10. The van der Waals surface area contributed by atoms with Gasteiger partial charge in [0.1, 0.15) is 6.54 Å². The van der Waals surface area contributed by atoms with Crippen LogP contribution in [0, 0.1) is 0 Å². The van der Waals surface area contributed by atoms with Crippen LogP contribution in [0.4, 0.5) is 18.0 Å². The van der Waals surface area contributed by atoms with Crippen molar-refractivity contribution in [3.63, 3.8) is 0 Å². The molecule has 0 radical (unpaired) electrons. The molecule has 94 valence electrons. The van der Waals surface area contributed by atoms with Crippen molar-refractivity contribution in [1.29, 1.82) is 0 Å². The average molecular weight is 242 g/mol. The lowest BCUT2D eigenvalue weighted by Crippen LogP contribution is -2.42. The predicted octanol–water partition coefficient (Wildman–Crippen LogP) is 1.01. The number of carboxylic acid groups (broad SMARTS) is 1. The molecule has 0 aliphatic carbocycles. The van der Waals surface area contributed by atoms with Crippen molar-refractivity contribution in [2.75, 3.05) is 27.2 Å². The summed E-state index contributed by atoms with van der Waals surface area (Å²) in [5.74, 6) is -1.22. The number of aliphatic carboxylic acids is 1. The number of rotatable bonds is 4. The smallest absolute Gasteiger partial charge is 0.390 e. The normalized spacial score (nSPS) is 11.1. The van der Waals surface area contributed by atoms with Crippen molar-refractivity contribution in [3.8, 4) is 0 Å². The van der Waals surface area contributed by atoms with Gasteiger partial charge in [-0.15, -0.1) is 0 Å². The van der Waals surface area contributed by atoms with Crippen LogP contribution in [0.1, 0.15) is 6.42 Å². The number of carbonyl (C=O) groups excluding carboxylic acids is 1. The Morgan fingerprint density at radius 3 is 2.06 bits per heavy atom. The first kappa shape index (κ1) is 14.5. The lowest BCUT2D eigenvalue weighted by atomic mass is 10.4. The minimum atomic E-state index is -4.33. The molecule has 0 rings (SSSR count). The maximum absolute atomic E-state index is 11.8. The summed E-state index contributed by atoms with van der Waals surface area (Å²) >= 11 is 0. The van der Waals surface area contributed by atoms with Crippen LogP contribution >= 0.6 is 0 Å². The van der Waals surface area contributed by atoms with Gasteiger partial charge in [0.15, 0.2) is 0 Å². The molecule has 0 aliphatic heterocycles. The van der Waals surface area contributed by atoms with Gasteiger partial charge in [-0.1, -0.05) is 0 Å². The van der Waals surface area contributed by atoms with Crippen LogP contribution in [0.25, 0.3) is 0 Å². The summed E-state index contributed by atoms with van der Waals surface area (Å²) < 4.78 is 35.5. The Balaban J connectivity index is 4.13. The van der Waals surface area contributed by atoms with Crippen molar-refractivity contribution in [2.24, 2.45) is 0 Å². The Morgan fingerprint density at radius 1 is 1.19 bits per heavy atom. The number of carbonyl (C=O) groups is 2. The summed E-state index contributed by atoms with van der Waals surface area (Å²) in [5, 5.41) is 8.38. The van der Waals surface area contributed by atoms with E-state index >= 15 is 0 Å². The lowest BCUT2D eigenvalue weighted by Gasteiger charge is -2.23. The number of amides is 2. The molecule has 0 heterocycles. The zero-order valence-electron chi connectivity index (χ0n) is 8.91. The van der Waals surface area contributed by atoms with Gasteiger partial charge in [0.05, 0.1) is 6.42 Å². The molecular formula is C8H13F3N2O3. The van der Waals surface area contributed by atoms with Crippen molar-refractivity contribution in [1.82, 2.24) is 9.80 Å². The van der Waals surface area contributed by atoms with E-state index in [1.54, 1.807) is 0 Å². The number of urea groups is 1. The first-order chi connectivity index (χ1) is 7.13. The third-order valence-electron chi connectivity index (χ3n) is 1.76. The van der Waals surface area contributed by atoms with Crippen molar-refractivity contribution in [3.05, 3.63) is 0 Å². The first-order valence-corrected chi connectivity index (χ1v) is 4.38. The first-order valence-electron chi connectivity index (χ1n) is 4.38. The largest absolute Gasteiger partial charge is 0.480 e. The van der Waals surface area contributed by atoms with Gasteiger partial charge >= 0.3 is 18.2 Å². The van der Waals surface area contributed by atoms with Crippen LogP contribution in [0.15, 0.2) is 0 Å². The highest BCUT2D eigenvalue weighted by Gasteiger charge is 2.28. The number of halogens is 3. The van der Waals surface area contributed by atoms with E-state index in [-0.39, 0.29) is 0 Å². The van der Waals surface area contributed by atoms with Crippen LogP contribution < -0.4 is 0 Å². The molecule has 0 bridgehead atoms. The summed E-state index contributed by atoms with van der Waals surface area (Å²) in [7, 11) is 2.40. The summed E-state index contributed by atoms with van der Waals surface area (Å²) in [6, 6.07) is -0.758. The number of carboxylic acids is 1. The van der Waals surface area contributed by atoms with Gasteiger partial charge < -0.3 is 14.9 Å². The highest BCUT2D eigenvalue weighted by molar-refractivity contribution is 5.79. The Bertz CT molecular complexity index is 268. The van der Waals surface area contributed by atoms with E-state index in [1.165, 1.54) is 14.1 Å².